The highest BCUT2D eigenvalue weighted by atomic mass is 32.2. The van der Waals surface area contributed by atoms with Crippen molar-refractivity contribution < 1.29 is 22.4 Å². The van der Waals surface area contributed by atoms with Gasteiger partial charge in [0.25, 0.3) is 0 Å². The van der Waals surface area contributed by atoms with Crippen LogP contribution >= 0.6 is 0 Å². The highest BCUT2D eigenvalue weighted by molar-refractivity contribution is 7.88. The van der Waals surface area contributed by atoms with E-state index in [1.165, 1.54) is 29.2 Å². The first kappa shape index (κ1) is 20.7. The zero-order valence-corrected chi connectivity index (χ0v) is 17.0. The molecule has 1 saturated carbocycles. The summed E-state index contributed by atoms with van der Waals surface area (Å²) in [6.45, 7) is 1.04. The normalized spacial score (nSPS) is 25.0. The first-order chi connectivity index (χ1) is 13.1. The van der Waals surface area contributed by atoms with E-state index in [0.717, 1.165) is 42.7 Å². The monoisotopic (exact) mass is 411 g/mol. The Morgan fingerprint density at radius 2 is 1.79 bits per heavy atom. The molecule has 28 heavy (non-hydrogen) atoms. The van der Waals surface area contributed by atoms with Crippen LogP contribution in [0.15, 0.2) is 24.3 Å². The number of hydrogen-bond acceptors (Lipinski definition) is 4. The molecule has 0 radical (unpaired) electrons. The Morgan fingerprint density at radius 1 is 1.18 bits per heavy atom. The molecule has 1 saturated heterocycles. The van der Waals surface area contributed by atoms with Crippen LogP contribution in [0, 0.1) is 5.82 Å². The van der Waals surface area contributed by atoms with E-state index in [2.05, 4.69) is 5.32 Å². The van der Waals surface area contributed by atoms with Gasteiger partial charge in [-0.15, -0.1) is 0 Å². The Hall–Kier alpha value is -2.00. The molecule has 154 valence electrons. The minimum Gasteiger partial charge on any atom is -0.351 e. The molecule has 0 aromatic heterocycles. The number of hydrogen-bond donors (Lipinski definition) is 1. The first-order valence-electron chi connectivity index (χ1n) is 9.46. The lowest BCUT2D eigenvalue weighted by Gasteiger charge is -2.47. The Balaban J connectivity index is 1.96. The Bertz CT molecular complexity index is 852. The molecule has 0 spiro atoms. The third-order valence-electron chi connectivity index (χ3n) is 5.52. The van der Waals surface area contributed by atoms with Crippen LogP contribution < -0.4 is 10.2 Å². The molecule has 2 fully saturated rings. The number of benzene rings is 1. The number of amides is 2. The van der Waals surface area contributed by atoms with Gasteiger partial charge in [0.05, 0.1) is 12.8 Å². The van der Waals surface area contributed by atoms with Crippen LogP contribution in [-0.2, 0) is 19.6 Å². The standard InChI is InChI=1S/C19H26FN3O4S/c1-19(18(25)21-15-6-4-3-5-7-15)13-22(28(2,26)27)12-17(24)23(19)16-10-8-14(20)9-11-16/h8-11,15H,3-7,12-13H2,1-2H3,(H,21,25)/t19-/m1/s1. The molecule has 1 atom stereocenters. The summed E-state index contributed by atoms with van der Waals surface area (Å²) >= 11 is 0. The maximum atomic E-state index is 13.4. The summed E-state index contributed by atoms with van der Waals surface area (Å²) in [5, 5.41) is 3.00. The topological polar surface area (TPSA) is 86.8 Å². The van der Waals surface area contributed by atoms with Gasteiger partial charge in [-0.1, -0.05) is 19.3 Å². The fraction of sp³-hybridized carbons (Fsp3) is 0.579. The van der Waals surface area contributed by atoms with Gasteiger partial charge >= 0.3 is 0 Å². The van der Waals surface area contributed by atoms with Crippen LogP contribution in [0.5, 0.6) is 0 Å². The maximum Gasteiger partial charge on any atom is 0.247 e. The van der Waals surface area contributed by atoms with E-state index in [-0.39, 0.29) is 19.1 Å². The fourth-order valence-corrected chi connectivity index (χ4v) is 4.81. The van der Waals surface area contributed by atoms with Crippen molar-refractivity contribution in [2.45, 2.75) is 50.6 Å². The molecule has 2 aliphatic rings. The van der Waals surface area contributed by atoms with Gasteiger partial charge in [-0.2, -0.15) is 4.31 Å². The van der Waals surface area contributed by atoms with Crippen molar-refractivity contribution in [1.29, 1.82) is 0 Å². The highest BCUT2D eigenvalue weighted by Crippen LogP contribution is 2.31. The molecule has 9 heteroatoms. The van der Waals surface area contributed by atoms with Gasteiger partial charge in [0.15, 0.2) is 0 Å². The third-order valence-corrected chi connectivity index (χ3v) is 6.72. The largest absolute Gasteiger partial charge is 0.351 e. The zero-order chi connectivity index (χ0) is 20.5. The van der Waals surface area contributed by atoms with Crippen molar-refractivity contribution in [2.75, 3.05) is 24.2 Å². The van der Waals surface area contributed by atoms with E-state index in [1.54, 1.807) is 6.92 Å². The van der Waals surface area contributed by atoms with E-state index in [0.29, 0.717) is 5.69 Å². The van der Waals surface area contributed by atoms with Crippen molar-refractivity contribution in [3.05, 3.63) is 30.1 Å². The van der Waals surface area contributed by atoms with E-state index < -0.39 is 33.2 Å². The van der Waals surface area contributed by atoms with Crippen LogP contribution in [0.1, 0.15) is 39.0 Å². The number of carbonyl (C=O) groups is 2. The van der Waals surface area contributed by atoms with Crippen LogP contribution in [0.25, 0.3) is 0 Å². The second kappa shape index (κ2) is 7.79. The second-order valence-electron chi connectivity index (χ2n) is 7.82. The number of piperazine rings is 1. The predicted molar refractivity (Wildman–Crippen MR) is 104 cm³/mol. The molecule has 0 unspecified atom stereocenters. The van der Waals surface area contributed by atoms with Crippen LogP contribution in [0.2, 0.25) is 0 Å². The summed E-state index contributed by atoms with van der Waals surface area (Å²) < 4.78 is 38.6. The number of nitrogens with zero attached hydrogens (tertiary/aromatic N) is 2. The number of sulfonamides is 1. The molecule has 1 N–H and O–H groups in total. The van der Waals surface area contributed by atoms with Gasteiger partial charge in [-0.05, 0) is 44.0 Å². The lowest BCUT2D eigenvalue weighted by atomic mass is 9.91. The number of anilines is 1. The van der Waals surface area contributed by atoms with Gasteiger partial charge in [-0.25, -0.2) is 12.8 Å². The van der Waals surface area contributed by atoms with Gasteiger partial charge in [-0.3, -0.25) is 14.5 Å². The van der Waals surface area contributed by atoms with Gasteiger partial charge in [0.2, 0.25) is 21.8 Å². The predicted octanol–water partition coefficient (Wildman–Crippen LogP) is 1.64. The lowest BCUT2D eigenvalue weighted by Crippen LogP contribution is -2.70. The van der Waals surface area contributed by atoms with E-state index in [4.69, 9.17) is 0 Å². The highest BCUT2D eigenvalue weighted by Gasteiger charge is 2.50. The summed E-state index contributed by atoms with van der Waals surface area (Å²) in [4.78, 5) is 27.4. The van der Waals surface area contributed by atoms with Crippen LogP contribution in [0.3, 0.4) is 0 Å². The number of nitrogens with one attached hydrogen (secondary N) is 1. The Kier molecular flexibility index (Phi) is 5.77. The lowest BCUT2D eigenvalue weighted by molar-refractivity contribution is -0.133. The van der Waals surface area contributed by atoms with Crippen molar-refractivity contribution in [1.82, 2.24) is 9.62 Å². The van der Waals surface area contributed by atoms with E-state index in [1.807, 2.05) is 0 Å². The molecule has 1 aliphatic carbocycles. The third kappa shape index (κ3) is 4.20. The van der Waals surface area contributed by atoms with Crippen molar-refractivity contribution in [3.8, 4) is 0 Å². The SMILES string of the molecule is C[C@]1(C(=O)NC2CCCCC2)CN(S(C)(=O)=O)CC(=O)N1c1ccc(F)cc1. The maximum absolute atomic E-state index is 13.4. The summed E-state index contributed by atoms with van der Waals surface area (Å²) in [6.07, 6.45) is 5.93. The summed E-state index contributed by atoms with van der Waals surface area (Å²) in [5.74, 6) is -1.38. The summed E-state index contributed by atoms with van der Waals surface area (Å²) in [5.41, 5.74) is -1.07. The average Bonchev–Trinajstić information content (AvgIpc) is 2.63. The summed E-state index contributed by atoms with van der Waals surface area (Å²) in [6, 6.07) is 5.29. The van der Waals surface area contributed by atoms with Crippen molar-refractivity contribution in [2.24, 2.45) is 0 Å². The Labute approximate surface area is 164 Å². The quantitative estimate of drug-likeness (QED) is 0.816. The molecule has 7 nitrogen and oxygen atoms in total. The molecule has 2 amide bonds. The first-order valence-corrected chi connectivity index (χ1v) is 11.3. The van der Waals surface area contributed by atoms with Crippen LogP contribution in [-0.4, -0.2) is 55.5 Å². The molecule has 1 heterocycles. The minimum atomic E-state index is -3.66. The minimum absolute atomic E-state index is 0.0110. The summed E-state index contributed by atoms with van der Waals surface area (Å²) in [7, 11) is -3.66. The van der Waals surface area contributed by atoms with Crippen molar-refractivity contribution >= 4 is 27.5 Å². The zero-order valence-electron chi connectivity index (χ0n) is 16.2. The van der Waals surface area contributed by atoms with Gasteiger partial charge in [0, 0.05) is 18.3 Å². The van der Waals surface area contributed by atoms with E-state index in [9.17, 15) is 22.4 Å². The number of rotatable bonds is 4. The number of halogens is 1. The Morgan fingerprint density at radius 3 is 2.36 bits per heavy atom. The molecule has 1 aromatic carbocycles. The molecule has 0 bridgehead atoms. The fourth-order valence-electron chi connectivity index (χ4n) is 3.98. The van der Waals surface area contributed by atoms with E-state index >= 15 is 0 Å². The van der Waals surface area contributed by atoms with Gasteiger partial charge < -0.3 is 5.32 Å². The number of carbonyl (C=O) groups excluding carboxylic acids is 2. The second-order valence-corrected chi connectivity index (χ2v) is 9.80. The molecular weight excluding hydrogens is 385 g/mol. The smallest absolute Gasteiger partial charge is 0.247 e. The molecular formula is C19H26FN3O4S. The van der Waals surface area contributed by atoms with Crippen molar-refractivity contribution in [3.63, 3.8) is 0 Å². The van der Waals surface area contributed by atoms with Gasteiger partial charge in [0.1, 0.15) is 11.4 Å². The average molecular weight is 411 g/mol. The molecule has 3 rings (SSSR count). The molecule has 1 aromatic rings. The molecule has 1 aliphatic heterocycles. The van der Waals surface area contributed by atoms with Crippen LogP contribution in [0.4, 0.5) is 10.1 Å².